The van der Waals surface area contributed by atoms with Gasteiger partial charge in [-0.3, -0.25) is 11.3 Å². The van der Waals surface area contributed by atoms with Gasteiger partial charge in [0.1, 0.15) is 0 Å². The first-order valence-electron chi connectivity index (χ1n) is 4.84. The molecule has 3 nitrogen and oxygen atoms in total. The molecule has 1 aromatic heterocycles. The van der Waals surface area contributed by atoms with Gasteiger partial charge in [0, 0.05) is 24.6 Å². The van der Waals surface area contributed by atoms with E-state index < -0.39 is 0 Å². The monoisotopic (exact) mass is 214 g/mol. The number of thiophene rings is 1. The lowest BCUT2D eigenvalue weighted by atomic mass is 10.1. The normalized spacial score (nSPS) is 13.0. The van der Waals surface area contributed by atoms with E-state index in [1.165, 1.54) is 4.88 Å². The standard InChI is InChI=1S/C10H18N2OS/c1-13-7-6-9(12-11)4-5-10-3-2-8-14-10/h2-3,8-9,12H,4-7,11H2,1H3. The zero-order valence-electron chi connectivity index (χ0n) is 8.53. The molecule has 3 N–H and O–H groups in total. The fourth-order valence-electron chi connectivity index (χ4n) is 1.34. The van der Waals surface area contributed by atoms with Gasteiger partial charge in [-0.1, -0.05) is 6.07 Å². The van der Waals surface area contributed by atoms with E-state index in [-0.39, 0.29) is 0 Å². The van der Waals surface area contributed by atoms with Gasteiger partial charge in [0.05, 0.1) is 0 Å². The molecule has 4 heteroatoms. The number of hydrogen-bond donors (Lipinski definition) is 2. The first-order chi connectivity index (χ1) is 6.86. The van der Waals surface area contributed by atoms with E-state index >= 15 is 0 Å². The smallest absolute Gasteiger partial charge is 0.0477 e. The van der Waals surface area contributed by atoms with Gasteiger partial charge in [-0.2, -0.15) is 0 Å². The molecule has 80 valence electrons. The van der Waals surface area contributed by atoms with Crippen LogP contribution < -0.4 is 11.3 Å². The Balaban J connectivity index is 2.20. The maximum atomic E-state index is 5.45. The first-order valence-corrected chi connectivity index (χ1v) is 5.72. The number of hydrazine groups is 1. The molecule has 1 aromatic rings. The number of methoxy groups -OCH3 is 1. The highest BCUT2D eigenvalue weighted by Crippen LogP contribution is 2.12. The van der Waals surface area contributed by atoms with Crippen molar-refractivity contribution in [2.24, 2.45) is 5.84 Å². The van der Waals surface area contributed by atoms with Crippen LogP contribution in [0.15, 0.2) is 17.5 Å². The van der Waals surface area contributed by atoms with Crippen molar-refractivity contribution in [3.8, 4) is 0 Å². The molecule has 0 bridgehead atoms. The van der Waals surface area contributed by atoms with Crippen LogP contribution in [-0.4, -0.2) is 19.8 Å². The topological polar surface area (TPSA) is 47.3 Å². The van der Waals surface area contributed by atoms with E-state index in [9.17, 15) is 0 Å². The summed E-state index contributed by atoms with van der Waals surface area (Å²) >= 11 is 1.80. The second kappa shape index (κ2) is 6.95. The molecule has 1 rings (SSSR count). The number of hydrogen-bond acceptors (Lipinski definition) is 4. The van der Waals surface area contributed by atoms with Gasteiger partial charge < -0.3 is 4.74 Å². The van der Waals surface area contributed by atoms with Gasteiger partial charge in [0.15, 0.2) is 0 Å². The Morgan fingerprint density at radius 2 is 2.43 bits per heavy atom. The molecular weight excluding hydrogens is 196 g/mol. The maximum Gasteiger partial charge on any atom is 0.0477 e. The fraction of sp³-hybridized carbons (Fsp3) is 0.600. The van der Waals surface area contributed by atoms with Crippen LogP contribution in [0.1, 0.15) is 17.7 Å². The van der Waals surface area contributed by atoms with Gasteiger partial charge in [-0.05, 0) is 30.7 Å². The van der Waals surface area contributed by atoms with Crippen LogP contribution in [0.25, 0.3) is 0 Å². The van der Waals surface area contributed by atoms with Crippen molar-refractivity contribution in [3.05, 3.63) is 22.4 Å². The number of nitrogens with two attached hydrogens (primary N) is 1. The van der Waals surface area contributed by atoms with Gasteiger partial charge in [0.25, 0.3) is 0 Å². The van der Waals surface area contributed by atoms with E-state index in [1.54, 1.807) is 18.4 Å². The highest BCUT2D eigenvalue weighted by atomic mass is 32.1. The molecule has 0 amide bonds. The van der Waals surface area contributed by atoms with E-state index in [0.29, 0.717) is 6.04 Å². The number of ether oxygens (including phenoxy) is 1. The Kier molecular flexibility index (Phi) is 5.78. The third-order valence-corrected chi connectivity index (χ3v) is 3.16. The second-order valence-electron chi connectivity index (χ2n) is 3.26. The van der Waals surface area contributed by atoms with E-state index in [0.717, 1.165) is 25.9 Å². The molecule has 1 heterocycles. The quantitative estimate of drug-likeness (QED) is 0.535. The van der Waals surface area contributed by atoms with Crippen molar-refractivity contribution < 1.29 is 4.74 Å². The molecule has 0 aromatic carbocycles. The second-order valence-corrected chi connectivity index (χ2v) is 4.30. The van der Waals surface area contributed by atoms with Crippen molar-refractivity contribution in [1.82, 2.24) is 5.43 Å². The summed E-state index contributed by atoms with van der Waals surface area (Å²) in [5, 5.41) is 2.11. The summed E-state index contributed by atoms with van der Waals surface area (Å²) in [6, 6.07) is 4.60. The number of nitrogens with one attached hydrogen (secondary N) is 1. The molecule has 0 aliphatic heterocycles. The molecule has 0 saturated carbocycles. The van der Waals surface area contributed by atoms with Crippen molar-refractivity contribution in [1.29, 1.82) is 0 Å². The Labute approximate surface area is 89.2 Å². The molecule has 0 aliphatic carbocycles. The van der Waals surface area contributed by atoms with E-state index in [1.807, 2.05) is 0 Å². The van der Waals surface area contributed by atoms with Gasteiger partial charge >= 0.3 is 0 Å². The van der Waals surface area contributed by atoms with Crippen LogP contribution in [0.2, 0.25) is 0 Å². The average Bonchev–Trinajstić information content (AvgIpc) is 2.71. The summed E-state index contributed by atoms with van der Waals surface area (Å²) in [4.78, 5) is 1.42. The third-order valence-electron chi connectivity index (χ3n) is 2.23. The van der Waals surface area contributed by atoms with Crippen LogP contribution in [0.4, 0.5) is 0 Å². The molecule has 0 saturated heterocycles. The summed E-state index contributed by atoms with van der Waals surface area (Å²) in [5.41, 5.74) is 2.82. The molecule has 14 heavy (non-hydrogen) atoms. The van der Waals surface area contributed by atoms with Crippen molar-refractivity contribution in [2.75, 3.05) is 13.7 Å². The fourth-order valence-corrected chi connectivity index (χ4v) is 2.07. The zero-order chi connectivity index (χ0) is 10.2. The minimum Gasteiger partial charge on any atom is -0.385 e. The van der Waals surface area contributed by atoms with Crippen LogP contribution in [0.5, 0.6) is 0 Å². The third kappa shape index (κ3) is 4.19. The van der Waals surface area contributed by atoms with E-state index in [4.69, 9.17) is 10.6 Å². The molecule has 1 atom stereocenters. The number of aryl methyl sites for hydroxylation is 1. The molecule has 0 aliphatic rings. The lowest BCUT2D eigenvalue weighted by molar-refractivity contribution is 0.181. The highest BCUT2D eigenvalue weighted by Gasteiger charge is 2.06. The van der Waals surface area contributed by atoms with Crippen molar-refractivity contribution in [2.45, 2.75) is 25.3 Å². The Hall–Kier alpha value is -0.420. The average molecular weight is 214 g/mol. The summed E-state index contributed by atoms with van der Waals surface area (Å²) in [6.45, 7) is 0.763. The largest absolute Gasteiger partial charge is 0.385 e. The molecule has 0 spiro atoms. The summed E-state index contributed by atoms with van der Waals surface area (Å²) in [6.07, 6.45) is 3.13. The van der Waals surface area contributed by atoms with Crippen LogP contribution in [-0.2, 0) is 11.2 Å². The summed E-state index contributed by atoms with van der Waals surface area (Å²) in [7, 11) is 1.72. The van der Waals surface area contributed by atoms with Gasteiger partial charge in [0.2, 0.25) is 0 Å². The van der Waals surface area contributed by atoms with Crippen LogP contribution in [0, 0.1) is 0 Å². The van der Waals surface area contributed by atoms with Gasteiger partial charge in [-0.25, -0.2) is 0 Å². The zero-order valence-corrected chi connectivity index (χ0v) is 9.35. The first kappa shape index (κ1) is 11.7. The van der Waals surface area contributed by atoms with E-state index in [2.05, 4.69) is 22.9 Å². The van der Waals surface area contributed by atoms with Crippen molar-refractivity contribution in [3.63, 3.8) is 0 Å². The Morgan fingerprint density at radius 1 is 1.57 bits per heavy atom. The van der Waals surface area contributed by atoms with Gasteiger partial charge in [-0.15, -0.1) is 11.3 Å². The SMILES string of the molecule is COCCC(CCc1cccs1)NN. The predicted molar refractivity (Wildman–Crippen MR) is 60.2 cm³/mol. The minimum atomic E-state index is 0.358. The Bertz CT molecular complexity index is 226. The minimum absolute atomic E-state index is 0.358. The Morgan fingerprint density at radius 3 is 3.00 bits per heavy atom. The molecule has 0 radical (unpaired) electrons. The molecule has 1 unspecified atom stereocenters. The highest BCUT2D eigenvalue weighted by molar-refractivity contribution is 7.09. The molecule has 0 fully saturated rings. The lowest BCUT2D eigenvalue weighted by Gasteiger charge is -2.14. The maximum absolute atomic E-state index is 5.45. The number of rotatable bonds is 7. The summed E-state index contributed by atoms with van der Waals surface area (Å²) < 4.78 is 5.02. The van der Waals surface area contributed by atoms with Crippen LogP contribution in [0.3, 0.4) is 0 Å². The molecular formula is C10H18N2OS. The van der Waals surface area contributed by atoms with Crippen molar-refractivity contribution >= 4 is 11.3 Å². The predicted octanol–water partition coefficient (Wildman–Crippen LogP) is 1.55. The van der Waals surface area contributed by atoms with Crippen LogP contribution >= 0.6 is 11.3 Å². The lowest BCUT2D eigenvalue weighted by Crippen LogP contribution is -2.36. The summed E-state index contributed by atoms with van der Waals surface area (Å²) in [5.74, 6) is 5.45.